The van der Waals surface area contributed by atoms with Gasteiger partial charge >= 0.3 is 0 Å². The van der Waals surface area contributed by atoms with Gasteiger partial charge in [0.05, 0.1) is 0 Å². The Hall–Kier alpha value is -0.670. The summed E-state index contributed by atoms with van der Waals surface area (Å²) in [6, 6.07) is 8.49. The number of hydrogen-bond acceptors (Lipinski definition) is 3. The zero-order chi connectivity index (χ0) is 11.3. The molecule has 0 radical (unpaired) electrons. The van der Waals surface area contributed by atoms with E-state index in [2.05, 4.69) is 49.7 Å². The van der Waals surface area contributed by atoms with E-state index in [4.69, 9.17) is 5.73 Å². The van der Waals surface area contributed by atoms with Gasteiger partial charge in [-0.1, -0.05) is 0 Å². The number of benzene rings is 1. The van der Waals surface area contributed by atoms with Gasteiger partial charge in [-0.15, -0.1) is 11.8 Å². The van der Waals surface area contributed by atoms with Crippen molar-refractivity contribution in [3.63, 3.8) is 0 Å². The van der Waals surface area contributed by atoms with E-state index < -0.39 is 0 Å². The standard InChI is InChI=1S/C12H20N2S/c1-12(2,8-9-13)14-10-4-6-11(15-3)7-5-10/h4-7,14H,8-9,13H2,1-3H3. The van der Waals surface area contributed by atoms with Crippen LogP contribution in [0.1, 0.15) is 20.3 Å². The molecule has 0 aliphatic rings. The average molecular weight is 224 g/mol. The zero-order valence-corrected chi connectivity index (χ0v) is 10.5. The van der Waals surface area contributed by atoms with Gasteiger partial charge in [-0.3, -0.25) is 0 Å². The normalized spacial score (nSPS) is 11.5. The summed E-state index contributed by atoms with van der Waals surface area (Å²) in [5.41, 5.74) is 6.79. The van der Waals surface area contributed by atoms with Gasteiger partial charge in [0.25, 0.3) is 0 Å². The Morgan fingerprint density at radius 3 is 2.33 bits per heavy atom. The monoisotopic (exact) mass is 224 g/mol. The Kier molecular flexibility index (Phi) is 4.48. The maximum atomic E-state index is 5.57. The van der Waals surface area contributed by atoms with Crippen LogP contribution in [0.15, 0.2) is 29.2 Å². The molecule has 3 heteroatoms. The van der Waals surface area contributed by atoms with Crippen molar-refractivity contribution < 1.29 is 0 Å². The molecule has 0 unspecified atom stereocenters. The highest BCUT2D eigenvalue weighted by atomic mass is 32.2. The van der Waals surface area contributed by atoms with Crippen molar-refractivity contribution in [2.24, 2.45) is 5.73 Å². The van der Waals surface area contributed by atoms with Crippen LogP contribution in [0.4, 0.5) is 5.69 Å². The van der Waals surface area contributed by atoms with Crippen LogP contribution in [0.2, 0.25) is 0 Å². The average Bonchev–Trinajstić information content (AvgIpc) is 2.18. The van der Waals surface area contributed by atoms with Crippen LogP contribution in [-0.4, -0.2) is 18.3 Å². The van der Waals surface area contributed by atoms with Crippen LogP contribution in [0, 0.1) is 0 Å². The molecule has 0 aromatic heterocycles. The molecule has 0 bridgehead atoms. The van der Waals surface area contributed by atoms with E-state index in [0.29, 0.717) is 6.54 Å². The molecular formula is C12H20N2S. The predicted molar refractivity (Wildman–Crippen MR) is 69.6 cm³/mol. The molecule has 84 valence electrons. The van der Waals surface area contributed by atoms with Crippen LogP contribution >= 0.6 is 11.8 Å². The smallest absolute Gasteiger partial charge is 0.0345 e. The molecular weight excluding hydrogens is 204 g/mol. The third-order valence-electron chi connectivity index (χ3n) is 2.34. The fourth-order valence-electron chi connectivity index (χ4n) is 1.49. The SMILES string of the molecule is CSc1ccc(NC(C)(C)CCN)cc1. The highest BCUT2D eigenvalue weighted by Gasteiger charge is 2.15. The molecule has 0 atom stereocenters. The van der Waals surface area contributed by atoms with Gasteiger partial charge in [-0.25, -0.2) is 0 Å². The van der Waals surface area contributed by atoms with Crippen LogP contribution < -0.4 is 11.1 Å². The lowest BCUT2D eigenvalue weighted by molar-refractivity contribution is 0.526. The maximum absolute atomic E-state index is 5.57. The molecule has 15 heavy (non-hydrogen) atoms. The molecule has 2 nitrogen and oxygen atoms in total. The van der Waals surface area contributed by atoms with E-state index >= 15 is 0 Å². The Bertz CT molecular complexity index is 293. The Morgan fingerprint density at radius 1 is 1.27 bits per heavy atom. The fraction of sp³-hybridized carbons (Fsp3) is 0.500. The maximum Gasteiger partial charge on any atom is 0.0345 e. The molecule has 1 aromatic carbocycles. The van der Waals surface area contributed by atoms with Crippen LogP contribution in [0.25, 0.3) is 0 Å². The van der Waals surface area contributed by atoms with Gasteiger partial charge in [0.1, 0.15) is 0 Å². The van der Waals surface area contributed by atoms with E-state index in [1.54, 1.807) is 11.8 Å². The van der Waals surface area contributed by atoms with E-state index in [0.717, 1.165) is 12.1 Å². The van der Waals surface area contributed by atoms with Crippen molar-refractivity contribution in [2.75, 3.05) is 18.1 Å². The lowest BCUT2D eigenvalue weighted by Gasteiger charge is -2.27. The van der Waals surface area contributed by atoms with Gasteiger partial charge in [0.15, 0.2) is 0 Å². The first-order chi connectivity index (χ1) is 7.07. The summed E-state index contributed by atoms with van der Waals surface area (Å²) in [7, 11) is 0. The molecule has 0 spiro atoms. The molecule has 0 fully saturated rings. The number of rotatable bonds is 5. The van der Waals surface area contributed by atoms with Crippen molar-refractivity contribution in [2.45, 2.75) is 30.7 Å². The predicted octanol–water partition coefficient (Wildman–Crippen LogP) is 2.95. The molecule has 0 saturated carbocycles. The van der Waals surface area contributed by atoms with Crippen molar-refractivity contribution in [1.29, 1.82) is 0 Å². The van der Waals surface area contributed by atoms with Crippen molar-refractivity contribution in [3.05, 3.63) is 24.3 Å². The molecule has 0 aliphatic heterocycles. The van der Waals surface area contributed by atoms with Crippen LogP contribution in [0.5, 0.6) is 0 Å². The topological polar surface area (TPSA) is 38.0 Å². The third kappa shape index (κ3) is 4.14. The first kappa shape index (κ1) is 12.4. The van der Waals surface area contributed by atoms with Gasteiger partial charge in [0, 0.05) is 16.1 Å². The van der Waals surface area contributed by atoms with E-state index in [-0.39, 0.29) is 5.54 Å². The second-order valence-electron chi connectivity index (χ2n) is 4.28. The molecule has 0 saturated heterocycles. The number of hydrogen-bond donors (Lipinski definition) is 2. The van der Waals surface area contributed by atoms with Crippen molar-refractivity contribution in [3.8, 4) is 0 Å². The second kappa shape index (κ2) is 5.42. The minimum Gasteiger partial charge on any atom is -0.380 e. The van der Waals surface area contributed by atoms with Crippen molar-refractivity contribution >= 4 is 17.4 Å². The summed E-state index contributed by atoms with van der Waals surface area (Å²) in [5, 5.41) is 3.48. The number of thioether (sulfide) groups is 1. The first-order valence-corrected chi connectivity index (χ1v) is 6.42. The van der Waals surface area contributed by atoms with Gasteiger partial charge in [-0.05, 0) is 57.3 Å². The second-order valence-corrected chi connectivity index (χ2v) is 5.16. The van der Waals surface area contributed by atoms with Gasteiger partial charge in [0.2, 0.25) is 0 Å². The highest BCUT2D eigenvalue weighted by molar-refractivity contribution is 7.98. The molecule has 1 rings (SSSR count). The first-order valence-electron chi connectivity index (χ1n) is 5.20. The molecule has 0 amide bonds. The Labute approximate surface area is 96.6 Å². The molecule has 3 N–H and O–H groups in total. The summed E-state index contributed by atoms with van der Waals surface area (Å²) < 4.78 is 0. The zero-order valence-electron chi connectivity index (χ0n) is 9.71. The van der Waals surface area contributed by atoms with E-state index in [1.165, 1.54) is 4.90 Å². The van der Waals surface area contributed by atoms with Gasteiger partial charge in [-0.2, -0.15) is 0 Å². The minimum atomic E-state index is 0.0651. The summed E-state index contributed by atoms with van der Waals surface area (Å²) in [5.74, 6) is 0. The lowest BCUT2D eigenvalue weighted by atomic mass is 10.0. The van der Waals surface area contributed by atoms with E-state index in [1.807, 2.05) is 0 Å². The molecule has 0 aliphatic carbocycles. The number of nitrogens with two attached hydrogens (primary N) is 1. The minimum absolute atomic E-state index is 0.0651. The van der Waals surface area contributed by atoms with Crippen LogP contribution in [0.3, 0.4) is 0 Å². The quantitative estimate of drug-likeness (QED) is 0.755. The largest absolute Gasteiger partial charge is 0.380 e. The Balaban J connectivity index is 2.64. The lowest BCUT2D eigenvalue weighted by Crippen LogP contribution is -2.33. The fourth-order valence-corrected chi connectivity index (χ4v) is 1.90. The van der Waals surface area contributed by atoms with Crippen molar-refractivity contribution in [1.82, 2.24) is 0 Å². The highest BCUT2D eigenvalue weighted by Crippen LogP contribution is 2.21. The van der Waals surface area contributed by atoms with Crippen LogP contribution in [-0.2, 0) is 0 Å². The summed E-state index contributed by atoms with van der Waals surface area (Å²) >= 11 is 1.76. The third-order valence-corrected chi connectivity index (χ3v) is 3.09. The summed E-state index contributed by atoms with van der Waals surface area (Å²) in [6.45, 7) is 5.05. The summed E-state index contributed by atoms with van der Waals surface area (Å²) in [6.07, 6.45) is 3.05. The van der Waals surface area contributed by atoms with Gasteiger partial charge < -0.3 is 11.1 Å². The van der Waals surface area contributed by atoms with E-state index in [9.17, 15) is 0 Å². The summed E-state index contributed by atoms with van der Waals surface area (Å²) in [4.78, 5) is 1.29. The molecule has 1 aromatic rings. The number of anilines is 1. The number of nitrogens with one attached hydrogen (secondary N) is 1. The Morgan fingerprint density at radius 2 is 1.87 bits per heavy atom. The molecule has 0 heterocycles.